The average molecular weight is 318 g/mol. The zero-order chi connectivity index (χ0) is 14.8. The van der Waals surface area contributed by atoms with Gasteiger partial charge in [-0.1, -0.05) is 0 Å². The first kappa shape index (κ1) is 14.2. The second kappa shape index (κ2) is 5.96. The molecule has 0 bridgehead atoms. The Balaban J connectivity index is 1.93. The highest BCUT2D eigenvalue weighted by atomic mass is 32.1. The molecule has 0 radical (unpaired) electrons. The number of rotatable bonds is 4. The van der Waals surface area contributed by atoms with Crippen LogP contribution in [0.4, 0.5) is 13.2 Å². The van der Waals surface area contributed by atoms with Crippen LogP contribution in [0.1, 0.15) is 11.3 Å². The highest BCUT2D eigenvalue weighted by Crippen LogP contribution is 2.36. The summed E-state index contributed by atoms with van der Waals surface area (Å²) in [6.07, 6.45) is 1.65. The molecular weight excluding hydrogens is 309 g/mol. The molecule has 0 unspecified atom stereocenters. The van der Waals surface area contributed by atoms with Crippen molar-refractivity contribution >= 4 is 11.3 Å². The number of halogens is 3. The second-order valence-electron chi connectivity index (χ2n) is 4.02. The maximum absolute atomic E-state index is 13.3. The van der Waals surface area contributed by atoms with Gasteiger partial charge in [0.15, 0.2) is 0 Å². The molecule has 1 fully saturated rings. The minimum Gasteiger partial charge on any atom is -0.416 e. The molecule has 1 saturated heterocycles. The SMILES string of the molecule is Fc1cnc(OC(F)F)c(-c2cnc(C3OCCO3)s2)c1. The summed E-state index contributed by atoms with van der Waals surface area (Å²) < 4.78 is 52.9. The molecule has 1 aliphatic heterocycles. The highest BCUT2D eigenvalue weighted by molar-refractivity contribution is 7.15. The maximum atomic E-state index is 13.3. The molecule has 0 aromatic carbocycles. The lowest BCUT2D eigenvalue weighted by Crippen LogP contribution is -2.05. The van der Waals surface area contributed by atoms with E-state index in [1.165, 1.54) is 6.20 Å². The molecular formula is C12H9F3N2O3S. The van der Waals surface area contributed by atoms with Crippen LogP contribution in [0.15, 0.2) is 18.5 Å². The van der Waals surface area contributed by atoms with E-state index in [1.54, 1.807) is 0 Å². The van der Waals surface area contributed by atoms with Gasteiger partial charge < -0.3 is 14.2 Å². The Kier molecular flexibility index (Phi) is 4.04. The van der Waals surface area contributed by atoms with E-state index >= 15 is 0 Å². The van der Waals surface area contributed by atoms with Crippen LogP contribution in [0.25, 0.3) is 10.4 Å². The van der Waals surface area contributed by atoms with Crippen molar-refractivity contribution in [2.24, 2.45) is 0 Å². The molecule has 112 valence electrons. The van der Waals surface area contributed by atoms with Crippen LogP contribution in [0, 0.1) is 5.82 Å². The molecule has 3 heterocycles. The van der Waals surface area contributed by atoms with Gasteiger partial charge in [-0.2, -0.15) is 8.78 Å². The average Bonchev–Trinajstić information content (AvgIpc) is 3.09. The fraction of sp³-hybridized carbons (Fsp3) is 0.333. The zero-order valence-corrected chi connectivity index (χ0v) is 11.3. The largest absolute Gasteiger partial charge is 0.416 e. The van der Waals surface area contributed by atoms with E-state index in [4.69, 9.17) is 9.47 Å². The zero-order valence-electron chi connectivity index (χ0n) is 10.5. The van der Waals surface area contributed by atoms with Gasteiger partial charge in [0.05, 0.1) is 29.9 Å². The summed E-state index contributed by atoms with van der Waals surface area (Å²) in [4.78, 5) is 8.08. The van der Waals surface area contributed by atoms with Crippen molar-refractivity contribution in [3.63, 3.8) is 0 Å². The molecule has 0 aliphatic carbocycles. The molecule has 0 amide bonds. The van der Waals surface area contributed by atoms with Gasteiger partial charge in [0.25, 0.3) is 0 Å². The summed E-state index contributed by atoms with van der Waals surface area (Å²) in [5.41, 5.74) is 0.108. The topological polar surface area (TPSA) is 53.5 Å². The number of hydrogen-bond donors (Lipinski definition) is 0. The van der Waals surface area contributed by atoms with Crippen molar-refractivity contribution in [3.8, 4) is 16.3 Å². The van der Waals surface area contributed by atoms with Gasteiger partial charge >= 0.3 is 6.61 Å². The fourth-order valence-electron chi connectivity index (χ4n) is 1.80. The third-order valence-corrected chi connectivity index (χ3v) is 3.68. The fourth-order valence-corrected chi connectivity index (χ4v) is 2.73. The summed E-state index contributed by atoms with van der Waals surface area (Å²) >= 11 is 1.14. The van der Waals surface area contributed by atoms with Crippen LogP contribution in [0.3, 0.4) is 0 Å². The first-order valence-corrected chi connectivity index (χ1v) is 6.75. The highest BCUT2D eigenvalue weighted by Gasteiger charge is 2.23. The van der Waals surface area contributed by atoms with Gasteiger partial charge in [0.1, 0.15) is 10.8 Å². The van der Waals surface area contributed by atoms with Gasteiger partial charge in [-0.15, -0.1) is 11.3 Å². The van der Waals surface area contributed by atoms with E-state index in [9.17, 15) is 13.2 Å². The number of alkyl halides is 2. The van der Waals surface area contributed by atoms with E-state index < -0.39 is 18.7 Å². The molecule has 21 heavy (non-hydrogen) atoms. The normalized spacial score (nSPS) is 15.8. The van der Waals surface area contributed by atoms with Crippen molar-refractivity contribution < 1.29 is 27.4 Å². The van der Waals surface area contributed by atoms with Gasteiger partial charge in [0, 0.05) is 6.20 Å². The standard InChI is InChI=1S/C12H9F3N2O3S/c13-6-3-7(9(16-4-6)20-12(14)15)8-5-17-10(21-8)11-18-1-2-19-11/h3-5,11-12H,1-2H2. The molecule has 0 saturated carbocycles. The van der Waals surface area contributed by atoms with Gasteiger partial charge in [-0.05, 0) is 6.07 Å². The number of hydrogen-bond acceptors (Lipinski definition) is 6. The van der Waals surface area contributed by atoms with Crippen molar-refractivity contribution in [1.29, 1.82) is 0 Å². The third-order valence-electron chi connectivity index (χ3n) is 2.63. The lowest BCUT2D eigenvalue weighted by Gasteiger charge is -2.07. The minimum absolute atomic E-state index is 0.108. The summed E-state index contributed by atoms with van der Waals surface area (Å²) in [6.45, 7) is -2.13. The van der Waals surface area contributed by atoms with Crippen LogP contribution in [0.5, 0.6) is 5.88 Å². The van der Waals surface area contributed by atoms with E-state index in [-0.39, 0.29) is 11.4 Å². The van der Waals surface area contributed by atoms with Gasteiger partial charge in [0.2, 0.25) is 12.2 Å². The lowest BCUT2D eigenvalue weighted by molar-refractivity contribution is -0.0525. The number of nitrogens with zero attached hydrogens (tertiary/aromatic N) is 2. The number of aromatic nitrogens is 2. The van der Waals surface area contributed by atoms with E-state index in [0.29, 0.717) is 23.1 Å². The number of ether oxygens (including phenoxy) is 3. The molecule has 0 atom stereocenters. The van der Waals surface area contributed by atoms with Crippen molar-refractivity contribution in [3.05, 3.63) is 29.3 Å². The summed E-state index contributed by atoms with van der Waals surface area (Å²) in [5, 5.41) is 0.523. The van der Waals surface area contributed by atoms with Crippen molar-refractivity contribution in [2.45, 2.75) is 12.9 Å². The summed E-state index contributed by atoms with van der Waals surface area (Å²) in [7, 11) is 0. The van der Waals surface area contributed by atoms with Crippen LogP contribution >= 0.6 is 11.3 Å². The van der Waals surface area contributed by atoms with Crippen LogP contribution < -0.4 is 4.74 Å². The number of thiazole rings is 1. The van der Waals surface area contributed by atoms with Crippen molar-refractivity contribution in [2.75, 3.05) is 13.2 Å². The molecule has 9 heteroatoms. The monoisotopic (exact) mass is 318 g/mol. The summed E-state index contributed by atoms with van der Waals surface area (Å²) in [6, 6.07) is 1.07. The molecule has 3 rings (SSSR count). The smallest absolute Gasteiger partial charge is 0.388 e. The Bertz CT molecular complexity index is 632. The molecule has 5 nitrogen and oxygen atoms in total. The quantitative estimate of drug-likeness (QED) is 0.867. The van der Waals surface area contributed by atoms with Crippen LogP contribution in [0.2, 0.25) is 0 Å². The molecule has 2 aromatic rings. The predicted octanol–water partition coefficient (Wildman–Crippen LogP) is 2.99. The molecule has 1 aliphatic rings. The Hall–Kier alpha value is -1.71. The van der Waals surface area contributed by atoms with E-state index in [0.717, 1.165) is 23.6 Å². The first-order chi connectivity index (χ1) is 10.1. The Labute approximate surface area is 121 Å². The minimum atomic E-state index is -3.05. The number of pyridine rings is 1. The molecule has 2 aromatic heterocycles. The Morgan fingerprint density at radius 3 is 2.71 bits per heavy atom. The van der Waals surface area contributed by atoms with E-state index in [2.05, 4.69) is 14.7 Å². The van der Waals surface area contributed by atoms with Gasteiger partial charge in [-0.3, -0.25) is 0 Å². The molecule has 0 N–H and O–H groups in total. The Morgan fingerprint density at radius 1 is 1.24 bits per heavy atom. The van der Waals surface area contributed by atoms with Crippen LogP contribution in [-0.2, 0) is 9.47 Å². The maximum Gasteiger partial charge on any atom is 0.388 e. The first-order valence-electron chi connectivity index (χ1n) is 5.93. The third kappa shape index (κ3) is 3.14. The second-order valence-corrected chi connectivity index (χ2v) is 5.08. The van der Waals surface area contributed by atoms with Gasteiger partial charge in [-0.25, -0.2) is 14.4 Å². The Morgan fingerprint density at radius 2 is 2.00 bits per heavy atom. The lowest BCUT2D eigenvalue weighted by atomic mass is 10.2. The summed E-state index contributed by atoms with van der Waals surface area (Å²) in [5.74, 6) is -1.01. The van der Waals surface area contributed by atoms with Crippen LogP contribution in [-0.4, -0.2) is 29.8 Å². The van der Waals surface area contributed by atoms with E-state index in [1.807, 2.05) is 0 Å². The predicted molar refractivity (Wildman–Crippen MR) is 66.6 cm³/mol. The molecule has 0 spiro atoms. The van der Waals surface area contributed by atoms with Crippen molar-refractivity contribution in [1.82, 2.24) is 9.97 Å².